The summed E-state index contributed by atoms with van der Waals surface area (Å²) >= 11 is 0. The van der Waals surface area contributed by atoms with Crippen LogP contribution in [0.4, 0.5) is 0 Å². The van der Waals surface area contributed by atoms with Gasteiger partial charge in [-0.05, 0) is 109 Å². The first-order chi connectivity index (χ1) is 27.3. The molecule has 0 spiro atoms. The molecule has 0 radical (unpaired) electrons. The maximum Gasteiger partial charge on any atom is 0.0713 e. The Balaban J connectivity index is 1.07. The van der Waals surface area contributed by atoms with Gasteiger partial charge in [0.1, 0.15) is 0 Å². The fourth-order valence-corrected chi connectivity index (χ4v) is 10.8. The summed E-state index contributed by atoms with van der Waals surface area (Å²) in [5.74, 6) is 0.157. The third-order valence-electron chi connectivity index (χ3n) is 13.4. The summed E-state index contributed by atoms with van der Waals surface area (Å²) in [6.45, 7) is 9.59. The molecule has 2 nitrogen and oxygen atoms in total. The Morgan fingerprint density at radius 3 is 2.23 bits per heavy atom. The van der Waals surface area contributed by atoms with Gasteiger partial charge < -0.3 is 4.57 Å². The van der Waals surface area contributed by atoms with Crippen LogP contribution in [-0.4, -0.2) is 4.57 Å². The second-order valence-corrected chi connectivity index (χ2v) is 17.1. The van der Waals surface area contributed by atoms with Gasteiger partial charge in [0.2, 0.25) is 0 Å². The van der Waals surface area contributed by atoms with Gasteiger partial charge in [0.15, 0.2) is 0 Å². The normalized spacial score (nSPS) is 19.3. The van der Waals surface area contributed by atoms with Crippen LogP contribution >= 0.6 is 0 Å². The second-order valence-electron chi connectivity index (χ2n) is 17.1. The third-order valence-corrected chi connectivity index (χ3v) is 13.4. The summed E-state index contributed by atoms with van der Waals surface area (Å²) in [5.41, 5.74) is 20.6. The number of benzene rings is 6. The zero-order valence-electron chi connectivity index (χ0n) is 32.1. The van der Waals surface area contributed by atoms with Crippen molar-refractivity contribution in [2.45, 2.75) is 39.0 Å². The lowest BCUT2D eigenvalue weighted by Crippen LogP contribution is -2.30. The predicted octanol–water partition coefficient (Wildman–Crippen LogP) is 11.8. The van der Waals surface area contributed by atoms with Crippen LogP contribution in [0.5, 0.6) is 0 Å². The molecule has 56 heavy (non-hydrogen) atoms. The van der Waals surface area contributed by atoms with Crippen LogP contribution in [0.2, 0.25) is 0 Å². The molecule has 266 valence electrons. The van der Waals surface area contributed by atoms with Crippen molar-refractivity contribution in [3.63, 3.8) is 0 Å². The van der Waals surface area contributed by atoms with Gasteiger partial charge in [-0.2, -0.15) is 0 Å². The Labute approximate surface area is 327 Å². The van der Waals surface area contributed by atoms with E-state index in [4.69, 9.17) is 4.99 Å². The van der Waals surface area contributed by atoms with Crippen LogP contribution in [0.25, 0.3) is 49.8 Å². The molecule has 0 bridgehead atoms. The Morgan fingerprint density at radius 2 is 1.34 bits per heavy atom. The lowest BCUT2D eigenvalue weighted by molar-refractivity contribution is 0.601. The van der Waals surface area contributed by atoms with Crippen LogP contribution in [0.15, 0.2) is 197 Å². The fraction of sp³-hybridized carbons (Fsp3) is 0.130. The number of para-hydroxylation sites is 3. The number of fused-ring (bicyclic) bond motifs is 10. The van der Waals surface area contributed by atoms with Crippen molar-refractivity contribution in [2.75, 3.05) is 0 Å². The second kappa shape index (κ2) is 11.0. The number of allylic oxidation sites excluding steroid dienone is 10. The molecule has 1 atom stereocenters. The summed E-state index contributed by atoms with van der Waals surface area (Å²) in [6, 6.07) is 51.5. The highest BCUT2D eigenvalue weighted by Gasteiger charge is 2.45. The Hall–Kier alpha value is -6.51. The molecule has 2 heteroatoms. The molecule has 2 heterocycles. The first-order valence-electron chi connectivity index (χ1n) is 19.9. The van der Waals surface area contributed by atoms with Gasteiger partial charge in [-0.25, -0.2) is 4.99 Å². The highest BCUT2D eigenvalue weighted by atomic mass is 15.0. The zero-order chi connectivity index (χ0) is 37.5. The van der Waals surface area contributed by atoms with Crippen molar-refractivity contribution in [3.8, 4) is 16.8 Å². The van der Waals surface area contributed by atoms with Gasteiger partial charge >= 0.3 is 0 Å². The van der Waals surface area contributed by atoms with Crippen LogP contribution in [0, 0.1) is 5.41 Å². The van der Waals surface area contributed by atoms with E-state index in [1.807, 2.05) is 0 Å². The topological polar surface area (TPSA) is 17.3 Å². The molecule has 0 saturated carbocycles. The zero-order valence-corrected chi connectivity index (χ0v) is 32.1. The van der Waals surface area contributed by atoms with E-state index in [9.17, 15) is 0 Å². The smallest absolute Gasteiger partial charge is 0.0713 e. The number of nitrogens with zero attached hydrogens (tertiary/aromatic N) is 2. The Morgan fingerprint density at radius 1 is 0.589 bits per heavy atom. The van der Waals surface area contributed by atoms with Crippen LogP contribution in [0.1, 0.15) is 55.9 Å². The van der Waals surface area contributed by atoms with E-state index in [2.05, 4.69) is 196 Å². The quantitative estimate of drug-likeness (QED) is 0.173. The summed E-state index contributed by atoms with van der Waals surface area (Å²) in [4.78, 5) is 5.26. The van der Waals surface area contributed by atoms with E-state index in [1.54, 1.807) is 0 Å². The molecule has 0 amide bonds. The van der Waals surface area contributed by atoms with E-state index < -0.39 is 0 Å². The molecule has 0 fully saturated rings. The van der Waals surface area contributed by atoms with Crippen molar-refractivity contribution in [3.05, 3.63) is 225 Å². The van der Waals surface area contributed by atoms with Gasteiger partial charge in [-0.15, -0.1) is 0 Å². The van der Waals surface area contributed by atoms with E-state index in [1.165, 1.54) is 99.5 Å². The minimum absolute atomic E-state index is 0.0421. The maximum atomic E-state index is 5.26. The van der Waals surface area contributed by atoms with Gasteiger partial charge in [-0.1, -0.05) is 149 Å². The molecule has 0 N–H and O–H groups in total. The SMILES string of the molecule is CC1(C)C2=C(C=C3N=c4ccccc4=C31)C(c1ccc3c(c1)c1ccccc1n3-c1ccccc1)=C1C=CC(c3ccc4c(c3)C(C)(C)c3ccccc3-4)C=C12. The highest BCUT2D eigenvalue weighted by Crippen LogP contribution is 2.59. The predicted molar refractivity (Wildman–Crippen MR) is 231 cm³/mol. The highest BCUT2D eigenvalue weighted by molar-refractivity contribution is 6.11. The number of hydrogen-bond acceptors (Lipinski definition) is 1. The molecule has 12 rings (SSSR count). The standard InChI is InChI=1S/C54H40N2/c1-53(2)44-19-11-8-16-36(44)37-25-22-33(30-45(37)53)32-23-26-39-42(28-32)51-43(31-47-52(54(51,3)4)40-18-9-12-20-46(40)55-47)50(39)34-24-27-49-41(29-34)38-17-10-13-21-48(38)56(49)35-14-6-5-7-15-35/h5-32H,1-4H3. The number of aromatic nitrogens is 1. The Bertz CT molecular complexity index is 3220. The van der Waals surface area contributed by atoms with Crippen molar-refractivity contribution < 1.29 is 0 Å². The monoisotopic (exact) mass is 716 g/mol. The first-order valence-corrected chi connectivity index (χ1v) is 19.9. The van der Waals surface area contributed by atoms with Gasteiger partial charge in [0.05, 0.1) is 22.1 Å². The molecule has 4 aliphatic carbocycles. The summed E-state index contributed by atoms with van der Waals surface area (Å²) in [7, 11) is 0. The molecule has 1 aromatic heterocycles. The third kappa shape index (κ3) is 4.14. The van der Waals surface area contributed by atoms with Crippen molar-refractivity contribution in [1.29, 1.82) is 0 Å². The molecule has 6 aromatic carbocycles. The average molecular weight is 717 g/mol. The fourth-order valence-electron chi connectivity index (χ4n) is 10.8. The minimum Gasteiger partial charge on any atom is -0.309 e. The lowest BCUT2D eigenvalue weighted by atomic mass is 9.68. The van der Waals surface area contributed by atoms with Crippen molar-refractivity contribution in [1.82, 2.24) is 4.57 Å². The molecule has 0 saturated heterocycles. The average Bonchev–Trinajstić information content (AvgIpc) is 3.93. The molecule has 1 unspecified atom stereocenters. The first kappa shape index (κ1) is 31.8. The molecule has 1 aliphatic heterocycles. The van der Waals surface area contributed by atoms with E-state index >= 15 is 0 Å². The van der Waals surface area contributed by atoms with Gasteiger partial charge in [0, 0.05) is 38.4 Å². The molecular weight excluding hydrogens is 677 g/mol. The summed E-state index contributed by atoms with van der Waals surface area (Å²) in [5, 5.41) is 4.86. The van der Waals surface area contributed by atoms with Crippen molar-refractivity contribution >= 4 is 33.0 Å². The number of rotatable bonds is 3. The Kier molecular flexibility index (Phi) is 6.27. The van der Waals surface area contributed by atoms with Crippen LogP contribution in [-0.2, 0) is 5.41 Å². The van der Waals surface area contributed by atoms with Crippen LogP contribution in [0.3, 0.4) is 0 Å². The lowest BCUT2D eigenvalue weighted by Gasteiger charge is -2.35. The largest absolute Gasteiger partial charge is 0.309 e. The van der Waals surface area contributed by atoms with Gasteiger partial charge in [0.25, 0.3) is 0 Å². The summed E-state index contributed by atoms with van der Waals surface area (Å²) < 4.78 is 2.40. The molecule has 7 aromatic rings. The summed E-state index contributed by atoms with van der Waals surface area (Å²) in [6.07, 6.45) is 9.82. The molecule has 5 aliphatic rings. The molecular formula is C54H40N2. The van der Waals surface area contributed by atoms with Crippen LogP contribution < -0.4 is 10.6 Å². The van der Waals surface area contributed by atoms with Crippen molar-refractivity contribution in [2.24, 2.45) is 10.4 Å². The van der Waals surface area contributed by atoms with E-state index in [0.29, 0.717) is 0 Å². The minimum atomic E-state index is -0.265. The van der Waals surface area contributed by atoms with E-state index in [0.717, 1.165) is 11.1 Å². The number of hydrogen-bond donors (Lipinski definition) is 0. The maximum absolute atomic E-state index is 5.26. The van der Waals surface area contributed by atoms with Gasteiger partial charge in [-0.3, -0.25) is 0 Å². The van der Waals surface area contributed by atoms with E-state index in [-0.39, 0.29) is 16.7 Å².